The fourth-order valence-electron chi connectivity index (χ4n) is 2.73. The molecule has 1 fully saturated rings. The van der Waals surface area contributed by atoms with Crippen molar-refractivity contribution < 1.29 is 17.8 Å². The summed E-state index contributed by atoms with van der Waals surface area (Å²) in [6, 6.07) is 9.93. The van der Waals surface area contributed by atoms with Gasteiger partial charge in [0.25, 0.3) is 10.1 Å². The number of hydrogen-bond acceptors (Lipinski definition) is 6. The highest BCUT2D eigenvalue weighted by molar-refractivity contribution is 8.22. The first kappa shape index (κ1) is 20.9. The molecule has 1 aliphatic rings. The van der Waals surface area contributed by atoms with Crippen molar-refractivity contribution in [1.82, 2.24) is 0 Å². The lowest BCUT2D eigenvalue weighted by Crippen LogP contribution is -2.38. The number of ketones is 1. The van der Waals surface area contributed by atoms with Gasteiger partial charge in [-0.15, -0.1) is 35.3 Å². The van der Waals surface area contributed by atoms with Crippen LogP contribution in [0.25, 0.3) is 0 Å². The molecule has 0 aromatic heterocycles. The van der Waals surface area contributed by atoms with Gasteiger partial charge in [0.1, 0.15) is 0 Å². The number of carbonyl (C=O) groups is 1. The molecular weight excluding hydrogens is 396 g/mol. The van der Waals surface area contributed by atoms with Crippen LogP contribution >= 0.6 is 35.3 Å². The quantitative estimate of drug-likeness (QED) is 0.369. The van der Waals surface area contributed by atoms with Gasteiger partial charge in [-0.1, -0.05) is 38.1 Å². The highest BCUT2D eigenvalue weighted by Gasteiger charge is 2.50. The molecule has 0 spiro atoms. The van der Waals surface area contributed by atoms with Crippen molar-refractivity contribution in [2.75, 3.05) is 17.3 Å². The topological polar surface area (TPSA) is 71.4 Å². The minimum absolute atomic E-state index is 0.0391. The number of thioether (sulfide) groups is 3. The summed E-state index contributed by atoms with van der Waals surface area (Å²) in [7, 11) is -4.15. The van der Waals surface area contributed by atoms with Gasteiger partial charge >= 0.3 is 0 Å². The fraction of sp³-hybridized carbons (Fsp3) is 0.471. The lowest BCUT2D eigenvalue weighted by molar-refractivity contribution is -0.113. The van der Waals surface area contributed by atoms with Crippen molar-refractivity contribution in [3.63, 3.8) is 0 Å². The van der Waals surface area contributed by atoms with Crippen LogP contribution in [0, 0.1) is 5.92 Å². The van der Waals surface area contributed by atoms with Gasteiger partial charge in [0.15, 0.2) is 5.78 Å². The van der Waals surface area contributed by atoms with E-state index in [2.05, 4.69) is 6.58 Å². The molecule has 25 heavy (non-hydrogen) atoms. The molecule has 0 saturated carbocycles. The first-order chi connectivity index (χ1) is 11.8. The van der Waals surface area contributed by atoms with E-state index in [9.17, 15) is 17.8 Å². The third-order valence-corrected chi connectivity index (χ3v) is 10.3. The fourth-order valence-corrected chi connectivity index (χ4v) is 9.97. The minimum Gasteiger partial charge on any atom is -0.294 e. The number of hydrogen-bond donors (Lipinski definition) is 1. The van der Waals surface area contributed by atoms with E-state index in [-0.39, 0.29) is 22.7 Å². The number of rotatable bonds is 9. The lowest BCUT2D eigenvalue weighted by Gasteiger charge is -2.34. The van der Waals surface area contributed by atoms with E-state index in [0.717, 1.165) is 17.1 Å². The Balaban J connectivity index is 2.20. The molecule has 1 saturated heterocycles. The molecule has 3 unspecified atom stereocenters. The van der Waals surface area contributed by atoms with Gasteiger partial charge in [0, 0.05) is 16.4 Å². The normalized spacial score (nSPS) is 24.8. The summed E-state index contributed by atoms with van der Waals surface area (Å²) in [6.45, 7) is 5.54. The number of allylic oxidation sites excluding steroid dienone is 1. The maximum absolute atomic E-state index is 12.0. The first-order valence-corrected chi connectivity index (χ1v) is 12.4. The van der Waals surface area contributed by atoms with E-state index >= 15 is 0 Å². The molecule has 1 heterocycles. The Morgan fingerprint density at radius 1 is 1.48 bits per heavy atom. The third kappa shape index (κ3) is 5.79. The molecule has 0 bridgehead atoms. The summed E-state index contributed by atoms with van der Waals surface area (Å²) >= 11 is 4.53. The van der Waals surface area contributed by atoms with Crippen LogP contribution in [0.2, 0.25) is 0 Å². The summed E-state index contributed by atoms with van der Waals surface area (Å²) < 4.78 is 32.1. The summed E-state index contributed by atoms with van der Waals surface area (Å²) in [6.07, 6.45) is 2.06. The van der Waals surface area contributed by atoms with Gasteiger partial charge < -0.3 is 0 Å². The summed E-state index contributed by atoms with van der Waals surface area (Å²) in [5.41, 5.74) is 0. The van der Waals surface area contributed by atoms with Crippen LogP contribution in [-0.2, 0) is 14.9 Å². The van der Waals surface area contributed by atoms with E-state index in [1.165, 1.54) is 29.6 Å². The number of carbonyl (C=O) groups excluding carboxylic acids is 1. The van der Waals surface area contributed by atoms with E-state index in [4.69, 9.17) is 0 Å². The zero-order valence-electron chi connectivity index (χ0n) is 14.0. The predicted molar refractivity (Wildman–Crippen MR) is 109 cm³/mol. The van der Waals surface area contributed by atoms with Crippen LogP contribution in [0.4, 0.5) is 0 Å². The molecule has 1 aromatic rings. The van der Waals surface area contributed by atoms with Crippen molar-refractivity contribution in [2.45, 2.75) is 27.6 Å². The molecule has 4 nitrogen and oxygen atoms in total. The average molecular weight is 419 g/mol. The van der Waals surface area contributed by atoms with Gasteiger partial charge in [0.2, 0.25) is 0 Å². The van der Waals surface area contributed by atoms with Crippen molar-refractivity contribution in [2.24, 2.45) is 5.92 Å². The van der Waals surface area contributed by atoms with Gasteiger partial charge in [0.05, 0.1) is 15.1 Å². The smallest absolute Gasteiger partial charge is 0.267 e. The zero-order valence-corrected chi connectivity index (χ0v) is 17.2. The highest BCUT2D eigenvalue weighted by Crippen LogP contribution is 2.55. The SMILES string of the molecule is C=CC(=O)C1CSC(CS(=O)(=O)O)(C(CC)CSc2ccccc2)S1. The minimum atomic E-state index is -4.15. The largest absolute Gasteiger partial charge is 0.294 e. The molecule has 2 rings (SSSR count). The van der Waals surface area contributed by atoms with Crippen LogP contribution in [0.3, 0.4) is 0 Å². The van der Waals surface area contributed by atoms with Gasteiger partial charge in [-0.25, -0.2) is 0 Å². The second-order valence-corrected chi connectivity index (χ2v) is 11.5. The molecular formula is C17H22O4S4. The van der Waals surface area contributed by atoms with E-state index < -0.39 is 14.2 Å². The molecule has 1 aromatic carbocycles. The predicted octanol–water partition coefficient (Wildman–Crippen LogP) is 3.99. The number of benzene rings is 1. The zero-order chi connectivity index (χ0) is 18.5. The second kappa shape index (κ2) is 8.99. The molecule has 1 aliphatic heterocycles. The molecule has 3 atom stereocenters. The van der Waals surface area contributed by atoms with Crippen LogP contribution in [0.15, 0.2) is 47.9 Å². The molecule has 8 heteroatoms. The Hall–Kier alpha value is -0.410. The van der Waals surface area contributed by atoms with Gasteiger partial charge in [-0.05, 0) is 24.1 Å². The monoisotopic (exact) mass is 418 g/mol. The Morgan fingerprint density at radius 3 is 2.72 bits per heavy atom. The van der Waals surface area contributed by atoms with Crippen molar-refractivity contribution in [1.29, 1.82) is 0 Å². The van der Waals surface area contributed by atoms with Crippen molar-refractivity contribution >= 4 is 51.2 Å². The molecule has 0 radical (unpaired) electrons. The third-order valence-electron chi connectivity index (χ3n) is 4.03. The lowest BCUT2D eigenvalue weighted by atomic mass is 10.1. The first-order valence-electron chi connectivity index (χ1n) is 7.90. The highest BCUT2D eigenvalue weighted by atomic mass is 32.2. The Bertz CT molecular complexity index is 705. The van der Waals surface area contributed by atoms with Crippen LogP contribution in [0.1, 0.15) is 13.3 Å². The Labute approximate surface area is 162 Å². The standard InChI is InChI=1S/C17H22O4S4/c1-3-13(10-22-14-8-6-5-7-9-14)17(12-25(19,20)21)23-11-16(24-17)15(18)4-2/h4-9,13,16H,2-3,10-12H2,1H3,(H,19,20,21). The Kier molecular flexibility index (Phi) is 7.52. The Morgan fingerprint density at radius 2 is 2.16 bits per heavy atom. The van der Waals surface area contributed by atoms with E-state index in [1.54, 1.807) is 11.8 Å². The maximum atomic E-state index is 12.0. The summed E-state index contributed by atoms with van der Waals surface area (Å²) in [5, 5.41) is -0.306. The average Bonchev–Trinajstić information content (AvgIpc) is 2.98. The maximum Gasteiger partial charge on any atom is 0.267 e. The van der Waals surface area contributed by atoms with Gasteiger partial charge in [-0.2, -0.15) is 8.42 Å². The van der Waals surface area contributed by atoms with E-state index in [0.29, 0.717) is 5.75 Å². The van der Waals surface area contributed by atoms with Crippen LogP contribution in [-0.4, -0.2) is 45.3 Å². The van der Waals surface area contributed by atoms with Crippen LogP contribution < -0.4 is 0 Å². The molecule has 1 N–H and O–H groups in total. The summed E-state index contributed by atoms with van der Waals surface area (Å²) in [5.74, 6) is 0.879. The van der Waals surface area contributed by atoms with Crippen molar-refractivity contribution in [3.8, 4) is 0 Å². The van der Waals surface area contributed by atoms with Crippen molar-refractivity contribution in [3.05, 3.63) is 43.0 Å². The van der Waals surface area contributed by atoms with E-state index in [1.807, 2.05) is 37.3 Å². The van der Waals surface area contributed by atoms with Gasteiger partial charge in [-0.3, -0.25) is 9.35 Å². The van der Waals surface area contributed by atoms with Crippen LogP contribution in [0.5, 0.6) is 0 Å². The second-order valence-electron chi connectivity index (χ2n) is 5.79. The summed E-state index contributed by atoms with van der Waals surface area (Å²) in [4.78, 5) is 13.1. The molecule has 0 aliphatic carbocycles. The molecule has 138 valence electrons. The molecule has 0 amide bonds.